The van der Waals surface area contributed by atoms with Gasteiger partial charge < -0.3 is 15.8 Å². The summed E-state index contributed by atoms with van der Waals surface area (Å²) < 4.78 is 0. The number of hydrogen-bond donors (Lipinski definition) is 2. The molecule has 114 valence electrons. The van der Waals surface area contributed by atoms with E-state index in [1.54, 1.807) is 4.90 Å². The van der Waals surface area contributed by atoms with Crippen LogP contribution in [0.4, 0.5) is 5.69 Å². The molecule has 1 aliphatic rings. The molecule has 0 saturated heterocycles. The number of aryl methyl sites for hydroxylation is 1. The summed E-state index contributed by atoms with van der Waals surface area (Å²) in [5.41, 5.74) is 6.96. The summed E-state index contributed by atoms with van der Waals surface area (Å²) in [6.07, 6.45) is 1.26. The van der Waals surface area contributed by atoms with E-state index in [9.17, 15) is 4.79 Å². The van der Waals surface area contributed by atoms with Crippen LogP contribution in [0.25, 0.3) is 0 Å². The molecule has 2 rings (SSSR count). The Morgan fingerprint density at radius 2 is 2.00 bits per heavy atom. The number of nitrogens with two attached hydrogens (primary N) is 1. The van der Waals surface area contributed by atoms with Crippen molar-refractivity contribution in [3.63, 3.8) is 0 Å². The predicted octanol–water partition coefficient (Wildman–Crippen LogP) is 2.51. The Balaban J connectivity index is 2.33. The van der Waals surface area contributed by atoms with Crippen molar-refractivity contribution >= 4 is 17.4 Å². The summed E-state index contributed by atoms with van der Waals surface area (Å²) >= 11 is 0. The van der Waals surface area contributed by atoms with Gasteiger partial charge in [0.05, 0.1) is 0 Å². The van der Waals surface area contributed by atoms with Crippen LogP contribution in [-0.2, 0) is 4.79 Å². The maximum atomic E-state index is 13.0. The second-order valence-corrected chi connectivity index (χ2v) is 5.97. The third-order valence-corrected chi connectivity index (χ3v) is 4.31. The van der Waals surface area contributed by atoms with E-state index in [0.717, 1.165) is 11.3 Å². The van der Waals surface area contributed by atoms with E-state index in [0.29, 0.717) is 25.3 Å². The third-order valence-electron chi connectivity index (χ3n) is 4.31. The Labute approximate surface area is 125 Å². The smallest absolute Gasteiger partial charge is 0.240 e. The Bertz CT molecular complexity index is 545. The van der Waals surface area contributed by atoms with E-state index in [1.165, 1.54) is 0 Å². The molecular formula is C16H23N3O2. The molecular weight excluding hydrogens is 266 g/mol. The van der Waals surface area contributed by atoms with E-state index in [1.807, 2.05) is 38.1 Å². The highest BCUT2D eigenvalue weighted by Crippen LogP contribution is 2.47. The largest absolute Gasteiger partial charge is 0.409 e. The summed E-state index contributed by atoms with van der Waals surface area (Å²) in [5.74, 6) is 0.351. The lowest BCUT2D eigenvalue weighted by molar-refractivity contribution is -0.130. The minimum Gasteiger partial charge on any atom is -0.409 e. The van der Waals surface area contributed by atoms with Crippen molar-refractivity contribution in [2.24, 2.45) is 22.2 Å². The van der Waals surface area contributed by atoms with Gasteiger partial charge in [-0.25, -0.2) is 0 Å². The topological polar surface area (TPSA) is 78.9 Å². The number of carbonyl (C=O) groups is 1. The molecule has 0 unspecified atom stereocenters. The fourth-order valence-electron chi connectivity index (χ4n) is 3.15. The standard InChI is InChI=1S/C16H23N3O2/c1-4-19(13-7-5-11(2)6-8-13)15(20)16(14(17)18-21)9-12(3)10-16/h5-8,12,21H,4,9-10H2,1-3H3,(H2,17,18). The highest BCUT2D eigenvalue weighted by Gasteiger charge is 2.53. The third kappa shape index (κ3) is 2.60. The van der Waals surface area contributed by atoms with Crippen LogP contribution in [0.3, 0.4) is 0 Å². The van der Waals surface area contributed by atoms with E-state index >= 15 is 0 Å². The summed E-state index contributed by atoms with van der Waals surface area (Å²) in [6.45, 7) is 6.56. The molecule has 1 aromatic carbocycles. The zero-order chi connectivity index (χ0) is 15.6. The van der Waals surface area contributed by atoms with Gasteiger partial charge >= 0.3 is 0 Å². The van der Waals surface area contributed by atoms with E-state index in [-0.39, 0.29) is 11.7 Å². The van der Waals surface area contributed by atoms with Gasteiger partial charge in [-0.05, 0) is 44.7 Å². The quantitative estimate of drug-likeness (QED) is 0.387. The molecule has 5 nitrogen and oxygen atoms in total. The fourth-order valence-corrected chi connectivity index (χ4v) is 3.15. The van der Waals surface area contributed by atoms with Crippen LogP contribution in [0, 0.1) is 18.3 Å². The number of rotatable bonds is 4. The number of anilines is 1. The van der Waals surface area contributed by atoms with Gasteiger partial charge in [-0.15, -0.1) is 0 Å². The lowest BCUT2D eigenvalue weighted by Gasteiger charge is -2.46. The van der Waals surface area contributed by atoms with Gasteiger partial charge in [-0.2, -0.15) is 0 Å². The molecule has 0 heterocycles. The van der Waals surface area contributed by atoms with Gasteiger partial charge in [0.15, 0.2) is 5.84 Å². The van der Waals surface area contributed by atoms with Crippen LogP contribution in [0.1, 0.15) is 32.3 Å². The summed E-state index contributed by atoms with van der Waals surface area (Å²) in [5, 5.41) is 12.1. The number of nitrogens with zero attached hydrogens (tertiary/aromatic N) is 2. The molecule has 1 aliphatic carbocycles. The monoisotopic (exact) mass is 289 g/mol. The number of oxime groups is 1. The minimum atomic E-state index is -0.852. The number of amides is 1. The second kappa shape index (κ2) is 5.76. The molecule has 3 N–H and O–H groups in total. The number of amidine groups is 1. The molecule has 1 fully saturated rings. The van der Waals surface area contributed by atoms with Gasteiger partial charge in [0.1, 0.15) is 5.41 Å². The zero-order valence-corrected chi connectivity index (χ0v) is 12.8. The minimum absolute atomic E-state index is 0.0242. The van der Waals surface area contributed by atoms with Crippen LogP contribution in [0.5, 0.6) is 0 Å². The Morgan fingerprint density at radius 3 is 2.43 bits per heavy atom. The zero-order valence-electron chi connectivity index (χ0n) is 12.8. The van der Waals surface area contributed by atoms with Crippen molar-refractivity contribution in [3.05, 3.63) is 29.8 Å². The molecule has 21 heavy (non-hydrogen) atoms. The number of carbonyl (C=O) groups excluding carboxylic acids is 1. The second-order valence-electron chi connectivity index (χ2n) is 5.97. The lowest BCUT2D eigenvalue weighted by Crippen LogP contribution is -2.58. The summed E-state index contributed by atoms with van der Waals surface area (Å²) in [6, 6.07) is 7.81. The van der Waals surface area contributed by atoms with Gasteiger partial charge in [0, 0.05) is 12.2 Å². The summed E-state index contributed by atoms with van der Waals surface area (Å²) in [4.78, 5) is 14.7. The van der Waals surface area contributed by atoms with Crippen molar-refractivity contribution in [2.45, 2.75) is 33.6 Å². The Morgan fingerprint density at radius 1 is 1.43 bits per heavy atom. The molecule has 0 spiro atoms. The molecule has 0 atom stereocenters. The van der Waals surface area contributed by atoms with Crippen molar-refractivity contribution < 1.29 is 10.0 Å². The first-order valence-electron chi connectivity index (χ1n) is 7.31. The highest BCUT2D eigenvalue weighted by molar-refractivity contribution is 6.13. The van der Waals surface area contributed by atoms with Gasteiger partial charge in [0.2, 0.25) is 5.91 Å². The SMILES string of the molecule is CCN(C(=O)C1(/C(N)=N/O)CC(C)C1)c1ccc(C)cc1. The summed E-state index contributed by atoms with van der Waals surface area (Å²) in [7, 11) is 0. The maximum Gasteiger partial charge on any atom is 0.240 e. The first-order chi connectivity index (χ1) is 9.94. The van der Waals surface area contributed by atoms with Crippen LogP contribution >= 0.6 is 0 Å². The van der Waals surface area contributed by atoms with E-state index < -0.39 is 5.41 Å². The molecule has 1 amide bonds. The normalized spacial score (nSPS) is 25.3. The van der Waals surface area contributed by atoms with Crippen LogP contribution < -0.4 is 10.6 Å². The molecule has 0 aliphatic heterocycles. The molecule has 5 heteroatoms. The first-order valence-corrected chi connectivity index (χ1v) is 7.31. The van der Waals surface area contributed by atoms with E-state index in [4.69, 9.17) is 10.9 Å². The van der Waals surface area contributed by atoms with Crippen LogP contribution in [0.15, 0.2) is 29.4 Å². The predicted molar refractivity (Wildman–Crippen MR) is 83.4 cm³/mol. The number of hydrogen-bond acceptors (Lipinski definition) is 3. The van der Waals surface area contributed by atoms with Crippen molar-refractivity contribution in [3.8, 4) is 0 Å². The molecule has 0 aromatic heterocycles. The average molecular weight is 289 g/mol. The average Bonchev–Trinajstić information content (AvgIpc) is 2.45. The molecule has 0 radical (unpaired) electrons. The maximum absolute atomic E-state index is 13.0. The van der Waals surface area contributed by atoms with Gasteiger partial charge in [0.25, 0.3) is 0 Å². The van der Waals surface area contributed by atoms with Crippen LogP contribution in [0.2, 0.25) is 0 Å². The van der Waals surface area contributed by atoms with Gasteiger partial charge in [-0.1, -0.05) is 29.8 Å². The molecule has 1 saturated carbocycles. The van der Waals surface area contributed by atoms with Crippen LogP contribution in [-0.4, -0.2) is 23.5 Å². The van der Waals surface area contributed by atoms with Gasteiger partial charge in [-0.3, -0.25) is 4.79 Å². The lowest BCUT2D eigenvalue weighted by atomic mass is 9.61. The first kappa shape index (κ1) is 15.4. The Hall–Kier alpha value is -2.04. The Kier molecular flexibility index (Phi) is 4.21. The van der Waals surface area contributed by atoms with Crippen molar-refractivity contribution in [1.29, 1.82) is 0 Å². The number of benzene rings is 1. The van der Waals surface area contributed by atoms with Crippen molar-refractivity contribution in [2.75, 3.05) is 11.4 Å². The molecule has 0 bridgehead atoms. The van der Waals surface area contributed by atoms with Crippen molar-refractivity contribution in [1.82, 2.24) is 0 Å². The van der Waals surface area contributed by atoms with E-state index in [2.05, 4.69) is 12.1 Å². The fraction of sp³-hybridized carbons (Fsp3) is 0.500. The molecule has 1 aromatic rings. The highest BCUT2D eigenvalue weighted by atomic mass is 16.4.